The van der Waals surface area contributed by atoms with Gasteiger partial charge < -0.3 is 19.8 Å². The number of H-pyrrole nitrogens is 2. The second-order valence-corrected chi connectivity index (χ2v) is 15.1. The van der Waals surface area contributed by atoms with Crippen LogP contribution in [-0.2, 0) is 0 Å². The van der Waals surface area contributed by atoms with Crippen molar-refractivity contribution in [3.05, 3.63) is 206 Å². The standard InChI is InChI=1S/C54H36N4/c1-3-17-37(18-4-1)57(51-23-11-15-35-13-7-9-21-41(35)51)39-25-27-45-49(33-39)55-47-31-29-44-43(53(45)47)30-32-48-54(44)46-28-26-40(34-50(46)56-48)58(38-19-5-2-6-20-38)52-24-12-16-36-14-8-10-22-42(36)52/h1-34,55-56H. The number of nitrogens with one attached hydrogen (secondary N) is 2. The molecule has 4 heteroatoms. The van der Waals surface area contributed by atoms with Crippen molar-refractivity contribution in [2.75, 3.05) is 9.80 Å². The highest BCUT2D eigenvalue weighted by molar-refractivity contribution is 6.29. The summed E-state index contributed by atoms with van der Waals surface area (Å²) >= 11 is 0. The first-order chi connectivity index (χ1) is 28.8. The van der Waals surface area contributed by atoms with E-state index in [1.165, 1.54) is 53.9 Å². The van der Waals surface area contributed by atoms with Gasteiger partial charge in [-0.2, -0.15) is 0 Å². The summed E-state index contributed by atoms with van der Waals surface area (Å²) in [5.41, 5.74) is 11.2. The van der Waals surface area contributed by atoms with Gasteiger partial charge in [0, 0.05) is 77.1 Å². The lowest BCUT2D eigenvalue weighted by molar-refractivity contribution is 1.30. The second kappa shape index (κ2) is 12.9. The molecule has 2 heterocycles. The Morgan fingerprint density at radius 3 is 1.12 bits per heavy atom. The number of fused-ring (bicyclic) bond motifs is 11. The number of benzene rings is 10. The summed E-state index contributed by atoms with van der Waals surface area (Å²) < 4.78 is 0. The molecule has 272 valence electrons. The van der Waals surface area contributed by atoms with Crippen LogP contribution < -0.4 is 9.80 Å². The van der Waals surface area contributed by atoms with Gasteiger partial charge in [-0.3, -0.25) is 0 Å². The molecule has 58 heavy (non-hydrogen) atoms. The topological polar surface area (TPSA) is 38.1 Å². The normalized spacial score (nSPS) is 11.8. The SMILES string of the molecule is c1ccc(N(c2ccc3c(c2)[nH]c2ccc4c(ccc5[nH]c6cc(N(c7ccccc7)c7cccc8ccccc78)ccc6c54)c23)c2cccc3ccccc23)cc1. The Labute approximate surface area is 334 Å². The zero-order valence-corrected chi connectivity index (χ0v) is 31.5. The minimum absolute atomic E-state index is 1.11. The number of aromatic amines is 2. The van der Waals surface area contributed by atoms with Gasteiger partial charge in [-0.05, 0) is 94.3 Å². The van der Waals surface area contributed by atoms with Crippen LogP contribution in [0.25, 0.3) is 75.9 Å². The number of anilines is 6. The van der Waals surface area contributed by atoms with Gasteiger partial charge in [-0.1, -0.05) is 133 Å². The largest absolute Gasteiger partial charge is 0.354 e. The molecular weight excluding hydrogens is 705 g/mol. The number of hydrogen-bond acceptors (Lipinski definition) is 2. The molecule has 2 N–H and O–H groups in total. The third kappa shape index (κ3) is 5.02. The predicted octanol–water partition coefficient (Wildman–Crippen LogP) is 15.4. The number of hydrogen-bond donors (Lipinski definition) is 2. The van der Waals surface area contributed by atoms with E-state index in [1.807, 2.05) is 0 Å². The van der Waals surface area contributed by atoms with E-state index in [2.05, 4.69) is 226 Å². The molecule has 0 fully saturated rings. The van der Waals surface area contributed by atoms with E-state index in [9.17, 15) is 0 Å². The summed E-state index contributed by atoms with van der Waals surface area (Å²) in [6.07, 6.45) is 0. The van der Waals surface area contributed by atoms with Crippen molar-refractivity contribution in [1.82, 2.24) is 9.97 Å². The van der Waals surface area contributed by atoms with Gasteiger partial charge in [-0.25, -0.2) is 0 Å². The molecule has 0 spiro atoms. The molecule has 2 aromatic heterocycles. The Balaban J connectivity index is 1.01. The van der Waals surface area contributed by atoms with Crippen LogP contribution in [0.1, 0.15) is 0 Å². The van der Waals surface area contributed by atoms with Gasteiger partial charge in [0.05, 0.1) is 11.4 Å². The smallest absolute Gasteiger partial charge is 0.0540 e. The summed E-state index contributed by atoms with van der Waals surface area (Å²) in [6, 6.07) is 74.5. The van der Waals surface area contributed by atoms with Crippen LogP contribution in [-0.4, -0.2) is 9.97 Å². The fourth-order valence-corrected chi connectivity index (χ4v) is 9.29. The molecule has 12 rings (SSSR count). The maximum atomic E-state index is 3.81. The molecule has 10 aromatic carbocycles. The average Bonchev–Trinajstić information content (AvgIpc) is 3.86. The van der Waals surface area contributed by atoms with Gasteiger partial charge in [-0.15, -0.1) is 0 Å². The minimum atomic E-state index is 1.11. The highest BCUT2D eigenvalue weighted by atomic mass is 15.1. The van der Waals surface area contributed by atoms with E-state index >= 15 is 0 Å². The summed E-state index contributed by atoms with van der Waals surface area (Å²) in [4.78, 5) is 12.4. The molecule has 4 nitrogen and oxygen atoms in total. The molecule has 0 aliphatic carbocycles. The van der Waals surface area contributed by atoms with Crippen molar-refractivity contribution >= 4 is 110 Å². The van der Waals surface area contributed by atoms with Crippen molar-refractivity contribution < 1.29 is 0 Å². The molecule has 0 bridgehead atoms. The lowest BCUT2D eigenvalue weighted by atomic mass is 9.99. The van der Waals surface area contributed by atoms with E-state index in [1.54, 1.807) is 0 Å². The Morgan fingerprint density at radius 2 is 0.655 bits per heavy atom. The average molecular weight is 741 g/mol. The summed E-state index contributed by atoms with van der Waals surface area (Å²) in [5.74, 6) is 0. The molecular formula is C54H36N4. The first-order valence-corrected chi connectivity index (χ1v) is 19.9. The molecule has 0 saturated carbocycles. The first-order valence-electron chi connectivity index (χ1n) is 19.9. The minimum Gasteiger partial charge on any atom is -0.354 e. The summed E-state index contributed by atoms with van der Waals surface area (Å²) in [5, 5.41) is 12.3. The van der Waals surface area contributed by atoms with E-state index in [4.69, 9.17) is 0 Å². The van der Waals surface area contributed by atoms with E-state index in [0.29, 0.717) is 0 Å². The van der Waals surface area contributed by atoms with Crippen molar-refractivity contribution in [3.63, 3.8) is 0 Å². The van der Waals surface area contributed by atoms with Gasteiger partial charge >= 0.3 is 0 Å². The van der Waals surface area contributed by atoms with Crippen LogP contribution in [0.4, 0.5) is 34.1 Å². The molecule has 0 atom stereocenters. The molecule has 0 amide bonds. The maximum Gasteiger partial charge on any atom is 0.0540 e. The summed E-state index contributed by atoms with van der Waals surface area (Å²) in [7, 11) is 0. The Bertz CT molecular complexity index is 3280. The molecule has 0 radical (unpaired) electrons. The highest BCUT2D eigenvalue weighted by Crippen LogP contribution is 2.44. The zero-order valence-electron chi connectivity index (χ0n) is 31.5. The fourth-order valence-electron chi connectivity index (χ4n) is 9.29. The fraction of sp³-hybridized carbons (Fsp3) is 0. The van der Waals surface area contributed by atoms with Gasteiger partial charge in [0.1, 0.15) is 0 Å². The van der Waals surface area contributed by atoms with Crippen LogP contribution >= 0.6 is 0 Å². The summed E-state index contributed by atoms with van der Waals surface area (Å²) in [6.45, 7) is 0. The van der Waals surface area contributed by atoms with Crippen molar-refractivity contribution in [2.24, 2.45) is 0 Å². The molecule has 0 aliphatic heterocycles. The quantitative estimate of drug-likeness (QED) is 0.178. The molecule has 0 aliphatic rings. The third-order valence-electron chi connectivity index (χ3n) is 11.8. The highest BCUT2D eigenvalue weighted by Gasteiger charge is 2.20. The van der Waals surface area contributed by atoms with Crippen molar-refractivity contribution in [3.8, 4) is 0 Å². The third-order valence-corrected chi connectivity index (χ3v) is 11.8. The van der Waals surface area contributed by atoms with Crippen LogP contribution in [0.2, 0.25) is 0 Å². The van der Waals surface area contributed by atoms with Gasteiger partial charge in [0.15, 0.2) is 0 Å². The van der Waals surface area contributed by atoms with Crippen LogP contribution in [0, 0.1) is 0 Å². The van der Waals surface area contributed by atoms with E-state index < -0.39 is 0 Å². The lowest BCUT2D eigenvalue weighted by Crippen LogP contribution is -2.10. The van der Waals surface area contributed by atoms with Crippen molar-refractivity contribution in [2.45, 2.75) is 0 Å². The molecule has 0 unspecified atom stereocenters. The van der Waals surface area contributed by atoms with Crippen LogP contribution in [0.3, 0.4) is 0 Å². The Morgan fingerprint density at radius 1 is 0.259 bits per heavy atom. The lowest BCUT2D eigenvalue weighted by Gasteiger charge is -2.27. The first kappa shape index (κ1) is 32.4. The predicted molar refractivity (Wildman–Crippen MR) is 247 cm³/mol. The Kier molecular flexibility index (Phi) is 7.20. The second-order valence-electron chi connectivity index (χ2n) is 15.1. The van der Waals surface area contributed by atoms with Gasteiger partial charge in [0.25, 0.3) is 0 Å². The van der Waals surface area contributed by atoms with E-state index in [-0.39, 0.29) is 0 Å². The number of aromatic nitrogens is 2. The monoisotopic (exact) mass is 740 g/mol. The number of rotatable bonds is 6. The zero-order chi connectivity index (χ0) is 38.2. The van der Waals surface area contributed by atoms with Crippen molar-refractivity contribution in [1.29, 1.82) is 0 Å². The van der Waals surface area contributed by atoms with Gasteiger partial charge in [0.2, 0.25) is 0 Å². The molecule has 12 aromatic rings. The number of para-hydroxylation sites is 2. The Hall–Kier alpha value is -7.82. The van der Waals surface area contributed by atoms with Crippen LogP contribution in [0.5, 0.6) is 0 Å². The van der Waals surface area contributed by atoms with E-state index in [0.717, 1.165) is 56.2 Å². The van der Waals surface area contributed by atoms with Crippen LogP contribution in [0.15, 0.2) is 206 Å². The molecule has 0 saturated heterocycles. The number of nitrogens with zero attached hydrogens (tertiary/aromatic N) is 2. The maximum absolute atomic E-state index is 3.81.